The van der Waals surface area contributed by atoms with Crippen LogP contribution in [0.15, 0.2) is 48.5 Å². The Morgan fingerprint density at radius 2 is 1.86 bits per heavy atom. The van der Waals surface area contributed by atoms with Crippen LogP contribution < -0.4 is 15.0 Å². The van der Waals surface area contributed by atoms with Gasteiger partial charge >= 0.3 is 0 Å². The number of hydrogen-bond acceptors (Lipinski definition) is 4. The van der Waals surface area contributed by atoms with Gasteiger partial charge in [-0.05, 0) is 42.5 Å². The van der Waals surface area contributed by atoms with Crippen molar-refractivity contribution in [3.8, 4) is 5.75 Å². The number of nitrogens with zero attached hydrogens (tertiary/aromatic N) is 2. The third-order valence-electron chi connectivity index (χ3n) is 4.66. The van der Waals surface area contributed by atoms with Crippen molar-refractivity contribution in [1.82, 2.24) is 4.90 Å². The molecule has 1 saturated heterocycles. The average Bonchev–Trinajstić information content (AvgIpc) is 3.09. The molecule has 7 nitrogen and oxygen atoms in total. The average molecular weight is 381 g/mol. The summed E-state index contributed by atoms with van der Waals surface area (Å²) in [6.07, 6.45) is 0.147. The molecule has 146 valence electrons. The van der Waals surface area contributed by atoms with E-state index in [2.05, 4.69) is 5.32 Å². The molecule has 0 spiro atoms. The van der Waals surface area contributed by atoms with Crippen LogP contribution in [0.4, 0.5) is 11.4 Å². The van der Waals surface area contributed by atoms with Gasteiger partial charge in [0.1, 0.15) is 5.75 Å². The number of amides is 3. The maximum absolute atomic E-state index is 12.6. The topological polar surface area (TPSA) is 79.0 Å². The lowest BCUT2D eigenvalue weighted by Gasteiger charge is -2.17. The Hall–Kier alpha value is -3.35. The first-order valence-corrected chi connectivity index (χ1v) is 8.96. The van der Waals surface area contributed by atoms with Crippen molar-refractivity contribution in [3.63, 3.8) is 0 Å². The zero-order valence-electron chi connectivity index (χ0n) is 16.1. The van der Waals surface area contributed by atoms with Crippen molar-refractivity contribution >= 4 is 29.1 Å². The molecule has 1 aliphatic rings. The summed E-state index contributed by atoms with van der Waals surface area (Å²) in [5.74, 6) is -0.224. The van der Waals surface area contributed by atoms with Crippen LogP contribution in [0, 0.1) is 5.92 Å². The SMILES string of the molecule is COc1ccc(N2CC(C(=O)Nc3cccc(C(=O)N(C)C)c3)CC2=O)cc1. The molecule has 0 saturated carbocycles. The summed E-state index contributed by atoms with van der Waals surface area (Å²) < 4.78 is 5.13. The minimum absolute atomic E-state index is 0.0955. The number of carbonyl (C=O) groups is 3. The van der Waals surface area contributed by atoms with Crippen LogP contribution in [0.25, 0.3) is 0 Å². The molecule has 1 N–H and O–H groups in total. The summed E-state index contributed by atoms with van der Waals surface area (Å²) in [6, 6.07) is 13.9. The lowest BCUT2D eigenvalue weighted by Crippen LogP contribution is -2.28. The molecule has 3 amide bonds. The lowest BCUT2D eigenvalue weighted by molar-refractivity contribution is -0.122. The third-order valence-corrected chi connectivity index (χ3v) is 4.66. The third kappa shape index (κ3) is 4.14. The number of benzene rings is 2. The van der Waals surface area contributed by atoms with E-state index >= 15 is 0 Å². The van der Waals surface area contributed by atoms with Gasteiger partial charge in [0.25, 0.3) is 5.91 Å². The summed E-state index contributed by atoms with van der Waals surface area (Å²) in [4.78, 5) is 40.2. The van der Waals surface area contributed by atoms with Crippen LogP contribution in [-0.4, -0.2) is 50.4 Å². The maximum Gasteiger partial charge on any atom is 0.253 e. The highest BCUT2D eigenvalue weighted by atomic mass is 16.5. The van der Waals surface area contributed by atoms with Gasteiger partial charge in [0.2, 0.25) is 11.8 Å². The molecule has 2 aromatic carbocycles. The van der Waals surface area contributed by atoms with Crippen LogP contribution in [0.2, 0.25) is 0 Å². The highest BCUT2D eigenvalue weighted by Gasteiger charge is 2.35. The van der Waals surface area contributed by atoms with Gasteiger partial charge in [0.15, 0.2) is 0 Å². The van der Waals surface area contributed by atoms with Gasteiger partial charge in [-0.1, -0.05) is 6.07 Å². The minimum atomic E-state index is -0.456. The second-order valence-corrected chi connectivity index (χ2v) is 6.87. The largest absolute Gasteiger partial charge is 0.497 e. The predicted molar refractivity (Wildman–Crippen MR) is 107 cm³/mol. The van der Waals surface area contributed by atoms with Crippen molar-refractivity contribution in [2.75, 3.05) is 38.0 Å². The van der Waals surface area contributed by atoms with Gasteiger partial charge in [-0.25, -0.2) is 0 Å². The van der Waals surface area contributed by atoms with E-state index in [1.807, 2.05) is 0 Å². The molecule has 28 heavy (non-hydrogen) atoms. The van der Waals surface area contributed by atoms with E-state index in [-0.39, 0.29) is 24.1 Å². The molecule has 1 aliphatic heterocycles. The van der Waals surface area contributed by atoms with Crippen LogP contribution in [0.3, 0.4) is 0 Å². The van der Waals surface area contributed by atoms with E-state index in [1.165, 1.54) is 4.90 Å². The summed E-state index contributed by atoms with van der Waals surface area (Å²) in [5, 5.41) is 2.82. The highest BCUT2D eigenvalue weighted by Crippen LogP contribution is 2.27. The fourth-order valence-corrected chi connectivity index (χ4v) is 3.13. The smallest absolute Gasteiger partial charge is 0.253 e. The van der Waals surface area contributed by atoms with Crippen molar-refractivity contribution in [2.45, 2.75) is 6.42 Å². The Labute approximate surface area is 163 Å². The monoisotopic (exact) mass is 381 g/mol. The Bertz CT molecular complexity index is 893. The normalized spacial score (nSPS) is 16.0. The highest BCUT2D eigenvalue weighted by molar-refractivity contribution is 6.04. The number of ether oxygens (including phenoxy) is 1. The molecule has 7 heteroatoms. The summed E-state index contributed by atoms with van der Waals surface area (Å²) in [6.45, 7) is 0.313. The number of nitrogens with one attached hydrogen (secondary N) is 1. The van der Waals surface area contributed by atoms with Gasteiger partial charge in [0, 0.05) is 44.0 Å². The first-order chi connectivity index (χ1) is 13.4. The molecular formula is C21H23N3O4. The van der Waals surface area contributed by atoms with Crippen LogP contribution in [0.5, 0.6) is 5.75 Å². The first kappa shape index (κ1) is 19.4. The fourth-order valence-electron chi connectivity index (χ4n) is 3.13. The Morgan fingerprint density at radius 1 is 1.14 bits per heavy atom. The summed E-state index contributed by atoms with van der Waals surface area (Å²) in [5.41, 5.74) is 1.76. The van der Waals surface area contributed by atoms with E-state index in [1.54, 1.807) is 74.6 Å². The van der Waals surface area contributed by atoms with E-state index in [4.69, 9.17) is 4.74 Å². The zero-order valence-corrected chi connectivity index (χ0v) is 16.1. The quantitative estimate of drug-likeness (QED) is 0.863. The number of hydrogen-bond donors (Lipinski definition) is 1. The fraction of sp³-hybridized carbons (Fsp3) is 0.286. The van der Waals surface area contributed by atoms with Crippen LogP contribution in [0.1, 0.15) is 16.8 Å². The molecule has 0 aromatic heterocycles. The second-order valence-electron chi connectivity index (χ2n) is 6.87. The van der Waals surface area contributed by atoms with Crippen LogP contribution in [-0.2, 0) is 9.59 Å². The lowest BCUT2D eigenvalue weighted by atomic mass is 10.1. The Morgan fingerprint density at radius 3 is 2.50 bits per heavy atom. The Kier molecular flexibility index (Phi) is 5.63. The summed E-state index contributed by atoms with van der Waals surface area (Å²) >= 11 is 0. The molecule has 1 atom stereocenters. The zero-order chi connectivity index (χ0) is 20.3. The van der Waals surface area contributed by atoms with Crippen molar-refractivity contribution < 1.29 is 19.1 Å². The van der Waals surface area contributed by atoms with E-state index in [9.17, 15) is 14.4 Å². The van der Waals surface area contributed by atoms with Crippen molar-refractivity contribution in [2.24, 2.45) is 5.92 Å². The second kappa shape index (κ2) is 8.12. The minimum Gasteiger partial charge on any atom is -0.497 e. The number of carbonyl (C=O) groups excluding carboxylic acids is 3. The number of methoxy groups -OCH3 is 1. The molecule has 1 unspecified atom stereocenters. The van der Waals surface area contributed by atoms with Crippen molar-refractivity contribution in [3.05, 3.63) is 54.1 Å². The van der Waals surface area contributed by atoms with Gasteiger partial charge in [-0.2, -0.15) is 0 Å². The summed E-state index contributed by atoms with van der Waals surface area (Å²) in [7, 11) is 4.93. The van der Waals surface area contributed by atoms with Gasteiger partial charge in [0.05, 0.1) is 13.0 Å². The molecule has 3 rings (SSSR count). The molecule has 1 heterocycles. The molecule has 0 radical (unpaired) electrons. The molecule has 0 bridgehead atoms. The number of rotatable bonds is 5. The molecule has 0 aliphatic carbocycles. The first-order valence-electron chi connectivity index (χ1n) is 8.96. The maximum atomic E-state index is 12.6. The van der Waals surface area contributed by atoms with E-state index in [0.29, 0.717) is 23.5 Å². The van der Waals surface area contributed by atoms with E-state index in [0.717, 1.165) is 5.69 Å². The predicted octanol–water partition coefficient (Wildman–Crippen LogP) is 2.39. The van der Waals surface area contributed by atoms with Gasteiger partial charge in [-0.15, -0.1) is 0 Å². The van der Waals surface area contributed by atoms with Gasteiger partial charge < -0.3 is 19.9 Å². The number of anilines is 2. The van der Waals surface area contributed by atoms with E-state index < -0.39 is 5.92 Å². The Balaban J connectivity index is 1.68. The molecular weight excluding hydrogens is 358 g/mol. The standard InChI is InChI=1S/C21H23N3O4/c1-23(2)21(27)14-5-4-6-16(11-14)22-20(26)15-12-19(25)24(13-15)17-7-9-18(28-3)10-8-17/h4-11,15H,12-13H2,1-3H3,(H,22,26). The molecule has 2 aromatic rings. The van der Waals surface area contributed by atoms with Crippen molar-refractivity contribution in [1.29, 1.82) is 0 Å². The van der Waals surface area contributed by atoms with Crippen LogP contribution >= 0.6 is 0 Å². The van der Waals surface area contributed by atoms with Gasteiger partial charge in [-0.3, -0.25) is 14.4 Å². The molecule has 1 fully saturated rings.